The van der Waals surface area contributed by atoms with Crippen LogP contribution in [0.25, 0.3) is 0 Å². The van der Waals surface area contributed by atoms with Crippen LogP contribution >= 0.6 is 0 Å². The average molecular weight is 291 g/mol. The van der Waals surface area contributed by atoms with Crippen LogP contribution in [0.1, 0.15) is 0 Å². The summed E-state index contributed by atoms with van der Waals surface area (Å²) in [6.45, 7) is 3.17. The molecule has 1 fully saturated rings. The van der Waals surface area contributed by atoms with Gasteiger partial charge in [0.05, 0.1) is 13.7 Å². The Labute approximate surface area is 124 Å². The number of anilines is 1. The van der Waals surface area contributed by atoms with Gasteiger partial charge in [-0.3, -0.25) is 10.3 Å². The number of hydrogen-bond acceptors (Lipinski definition) is 4. The van der Waals surface area contributed by atoms with E-state index in [4.69, 9.17) is 15.9 Å². The zero-order valence-electron chi connectivity index (χ0n) is 12.1. The molecule has 7 nitrogen and oxygen atoms in total. The number of nitrogens with two attached hydrogens (primary N) is 1. The molecule has 114 valence electrons. The summed E-state index contributed by atoms with van der Waals surface area (Å²) in [6, 6.07) is 7.15. The average Bonchev–Trinajstić information content (AvgIpc) is 2.47. The van der Waals surface area contributed by atoms with Gasteiger partial charge in [0.15, 0.2) is 0 Å². The lowest BCUT2D eigenvalue weighted by molar-refractivity contribution is 0.158. The molecule has 7 heteroatoms. The predicted molar refractivity (Wildman–Crippen MR) is 81.9 cm³/mol. The summed E-state index contributed by atoms with van der Waals surface area (Å²) in [5.74, 6) is 0.864. The van der Waals surface area contributed by atoms with Gasteiger partial charge >= 0.3 is 6.03 Å². The largest absolute Gasteiger partial charge is 0.497 e. The van der Waals surface area contributed by atoms with Crippen LogP contribution in [-0.4, -0.2) is 61.5 Å². The number of piperazine rings is 1. The number of benzene rings is 1. The molecule has 0 saturated carbocycles. The number of carbonyl (C=O) groups is 1. The van der Waals surface area contributed by atoms with Crippen LogP contribution in [0, 0.1) is 5.41 Å². The second-order valence-electron chi connectivity index (χ2n) is 4.95. The summed E-state index contributed by atoms with van der Waals surface area (Å²) < 4.78 is 5.13. The van der Waals surface area contributed by atoms with Crippen LogP contribution in [-0.2, 0) is 0 Å². The molecule has 1 saturated heterocycles. The molecule has 0 radical (unpaired) electrons. The predicted octanol–water partition coefficient (Wildman–Crippen LogP) is 0.781. The van der Waals surface area contributed by atoms with E-state index in [1.807, 2.05) is 18.2 Å². The molecule has 0 bridgehead atoms. The van der Waals surface area contributed by atoms with E-state index in [0.717, 1.165) is 13.1 Å². The summed E-state index contributed by atoms with van der Waals surface area (Å²) in [7, 11) is 1.59. The Hall–Kier alpha value is -2.28. The monoisotopic (exact) mass is 291 g/mol. The fraction of sp³-hybridized carbons (Fsp3) is 0.429. The Bertz CT molecular complexity index is 512. The van der Waals surface area contributed by atoms with E-state index in [0.29, 0.717) is 31.1 Å². The molecule has 21 heavy (non-hydrogen) atoms. The second kappa shape index (κ2) is 6.94. The maximum Gasteiger partial charge on any atom is 0.321 e. The minimum atomic E-state index is -0.120. The first kappa shape index (κ1) is 15.1. The topological polar surface area (TPSA) is 94.7 Å². The molecule has 0 atom stereocenters. The highest BCUT2D eigenvalue weighted by Gasteiger charge is 2.21. The third-order valence-electron chi connectivity index (χ3n) is 3.37. The first-order chi connectivity index (χ1) is 10.1. The van der Waals surface area contributed by atoms with Gasteiger partial charge in [0.1, 0.15) is 11.6 Å². The third-order valence-corrected chi connectivity index (χ3v) is 3.37. The second-order valence-corrected chi connectivity index (χ2v) is 4.95. The number of amides is 2. The van der Waals surface area contributed by atoms with E-state index < -0.39 is 0 Å². The molecular formula is C14H21N5O2. The van der Waals surface area contributed by atoms with Crippen molar-refractivity contribution in [3.8, 4) is 5.75 Å². The number of amidine groups is 1. The number of nitrogens with zero attached hydrogens (tertiary/aromatic N) is 2. The number of carbonyl (C=O) groups excluding carboxylic acids is 1. The molecular weight excluding hydrogens is 270 g/mol. The zero-order valence-corrected chi connectivity index (χ0v) is 12.1. The fourth-order valence-electron chi connectivity index (χ4n) is 2.25. The van der Waals surface area contributed by atoms with Gasteiger partial charge in [-0.15, -0.1) is 0 Å². The van der Waals surface area contributed by atoms with Gasteiger partial charge in [0, 0.05) is 37.9 Å². The van der Waals surface area contributed by atoms with Crippen LogP contribution in [0.4, 0.5) is 10.5 Å². The van der Waals surface area contributed by atoms with Crippen molar-refractivity contribution in [3.63, 3.8) is 0 Å². The summed E-state index contributed by atoms with van der Waals surface area (Å²) >= 11 is 0. The van der Waals surface area contributed by atoms with Crippen LogP contribution in [0.5, 0.6) is 5.75 Å². The summed E-state index contributed by atoms with van der Waals surface area (Å²) in [4.78, 5) is 16.0. The zero-order chi connectivity index (χ0) is 15.2. The van der Waals surface area contributed by atoms with Gasteiger partial charge in [-0.25, -0.2) is 4.79 Å². The van der Waals surface area contributed by atoms with E-state index in [-0.39, 0.29) is 11.9 Å². The molecule has 1 aromatic carbocycles. The lowest BCUT2D eigenvalue weighted by atomic mass is 10.3. The lowest BCUT2D eigenvalue weighted by Gasteiger charge is -2.34. The van der Waals surface area contributed by atoms with Gasteiger partial charge in [-0.2, -0.15) is 0 Å². The maximum atomic E-state index is 12.2. The highest BCUT2D eigenvalue weighted by atomic mass is 16.5. The van der Waals surface area contributed by atoms with Crippen LogP contribution in [0.15, 0.2) is 24.3 Å². The van der Waals surface area contributed by atoms with Gasteiger partial charge in [-0.1, -0.05) is 6.07 Å². The smallest absolute Gasteiger partial charge is 0.321 e. The molecule has 1 aliphatic heterocycles. The molecule has 0 spiro atoms. The molecule has 4 N–H and O–H groups in total. The van der Waals surface area contributed by atoms with E-state index in [2.05, 4.69) is 10.2 Å². The van der Waals surface area contributed by atoms with Crippen molar-refractivity contribution in [2.75, 3.05) is 45.2 Å². The maximum absolute atomic E-state index is 12.2. The first-order valence-corrected chi connectivity index (χ1v) is 6.83. The number of ether oxygens (including phenoxy) is 1. The highest BCUT2D eigenvalue weighted by molar-refractivity contribution is 5.89. The summed E-state index contributed by atoms with van der Waals surface area (Å²) in [5.41, 5.74) is 6.10. The molecule has 2 rings (SSSR count). The Morgan fingerprint density at radius 1 is 1.38 bits per heavy atom. The van der Waals surface area contributed by atoms with Crippen molar-refractivity contribution >= 4 is 17.6 Å². The molecule has 2 amide bonds. The third kappa shape index (κ3) is 4.35. The van der Waals surface area contributed by atoms with E-state index in [1.54, 1.807) is 18.1 Å². The number of urea groups is 1. The normalized spacial score (nSPS) is 15.6. The Kier molecular flexibility index (Phi) is 4.99. The number of methoxy groups -OCH3 is 1. The molecule has 0 unspecified atom stereocenters. The van der Waals surface area contributed by atoms with Crippen LogP contribution in [0.2, 0.25) is 0 Å². The molecule has 1 aliphatic rings. The Morgan fingerprint density at radius 2 is 2.10 bits per heavy atom. The molecule has 1 aromatic rings. The van der Waals surface area contributed by atoms with E-state index in [9.17, 15) is 4.79 Å². The number of nitrogens with one attached hydrogen (secondary N) is 2. The van der Waals surface area contributed by atoms with Gasteiger partial charge in [-0.05, 0) is 12.1 Å². The quantitative estimate of drug-likeness (QED) is 0.564. The summed E-state index contributed by atoms with van der Waals surface area (Å²) in [5, 5.41) is 10.1. The first-order valence-electron chi connectivity index (χ1n) is 6.83. The van der Waals surface area contributed by atoms with Crippen LogP contribution < -0.4 is 15.8 Å². The van der Waals surface area contributed by atoms with E-state index >= 15 is 0 Å². The van der Waals surface area contributed by atoms with Crippen molar-refractivity contribution < 1.29 is 9.53 Å². The van der Waals surface area contributed by atoms with Crippen molar-refractivity contribution in [3.05, 3.63) is 24.3 Å². The lowest BCUT2D eigenvalue weighted by Crippen LogP contribution is -2.51. The van der Waals surface area contributed by atoms with Crippen molar-refractivity contribution in [1.82, 2.24) is 9.80 Å². The molecule has 1 heterocycles. The van der Waals surface area contributed by atoms with Crippen molar-refractivity contribution in [1.29, 1.82) is 5.41 Å². The standard InChI is InChI=1S/C14H21N5O2/c1-21-12-4-2-3-11(9-12)17-14(20)19-7-5-18(6-8-19)10-13(15)16/h2-4,9H,5-8,10H2,1H3,(H3,15,16)(H,17,20). The fourth-order valence-corrected chi connectivity index (χ4v) is 2.25. The minimum absolute atomic E-state index is 0.120. The number of rotatable bonds is 4. The van der Waals surface area contributed by atoms with Crippen LogP contribution in [0.3, 0.4) is 0 Å². The van der Waals surface area contributed by atoms with Crippen molar-refractivity contribution in [2.24, 2.45) is 5.73 Å². The SMILES string of the molecule is COc1cccc(NC(=O)N2CCN(CC(=N)N)CC2)c1. The van der Waals surface area contributed by atoms with Gasteiger partial charge in [0.2, 0.25) is 0 Å². The number of hydrogen-bond donors (Lipinski definition) is 3. The molecule has 0 aliphatic carbocycles. The van der Waals surface area contributed by atoms with Gasteiger partial charge < -0.3 is 20.7 Å². The van der Waals surface area contributed by atoms with Crippen molar-refractivity contribution in [2.45, 2.75) is 0 Å². The van der Waals surface area contributed by atoms with E-state index in [1.165, 1.54) is 0 Å². The van der Waals surface area contributed by atoms with Gasteiger partial charge in [0.25, 0.3) is 0 Å². The Balaban J connectivity index is 1.85. The molecule has 0 aromatic heterocycles. The minimum Gasteiger partial charge on any atom is -0.497 e. The Morgan fingerprint density at radius 3 is 2.71 bits per heavy atom. The highest BCUT2D eigenvalue weighted by Crippen LogP contribution is 2.17. The summed E-state index contributed by atoms with van der Waals surface area (Å²) in [6.07, 6.45) is 0.